The van der Waals surface area contributed by atoms with Crippen LogP contribution in [0, 0.1) is 12.8 Å². The van der Waals surface area contributed by atoms with Crippen molar-refractivity contribution >= 4 is 26.6 Å². The maximum absolute atomic E-state index is 12.4. The Balaban J connectivity index is 1.30. The topological polar surface area (TPSA) is 80.8 Å². The van der Waals surface area contributed by atoms with Crippen molar-refractivity contribution in [2.45, 2.75) is 45.3 Å². The van der Waals surface area contributed by atoms with Crippen LogP contribution < -0.4 is 14.2 Å². The molecule has 0 atom stereocenters. The molecule has 1 fully saturated rings. The first-order valence-electron chi connectivity index (χ1n) is 12.7. The third kappa shape index (κ3) is 6.28. The van der Waals surface area contributed by atoms with Crippen LogP contribution in [-0.4, -0.2) is 56.9 Å². The average molecular weight is 512 g/mol. The summed E-state index contributed by atoms with van der Waals surface area (Å²) in [5, 5.41) is 0.536. The minimum Gasteiger partial charge on any atom is -0.494 e. The van der Waals surface area contributed by atoms with E-state index in [0.29, 0.717) is 24.0 Å². The number of ether oxygens (including phenoxy) is 2. The summed E-state index contributed by atoms with van der Waals surface area (Å²) in [7, 11) is -1.84. The molecule has 1 saturated heterocycles. The predicted molar refractivity (Wildman–Crippen MR) is 146 cm³/mol. The summed E-state index contributed by atoms with van der Waals surface area (Å²) in [6.07, 6.45) is 3.04. The third-order valence-electron chi connectivity index (χ3n) is 6.89. The van der Waals surface area contributed by atoms with Crippen LogP contribution in [0.1, 0.15) is 37.9 Å². The summed E-state index contributed by atoms with van der Waals surface area (Å²) < 4.78 is 39.2. The highest BCUT2D eigenvalue weighted by atomic mass is 32.2. The molecule has 1 aromatic heterocycles. The van der Waals surface area contributed by atoms with Crippen molar-refractivity contribution < 1.29 is 17.9 Å². The van der Waals surface area contributed by atoms with Gasteiger partial charge in [0.1, 0.15) is 18.1 Å². The number of nitrogens with one attached hydrogen (secondary N) is 1. The summed E-state index contributed by atoms with van der Waals surface area (Å²) in [5.74, 6) is 2.03. The SMILES string of the molecule is COc1c(CC2CCN(CCOc3cccc4nc(C)ccc34)CC2)cccc1NS(=O)(=O)C(C)C. The molecule has 1 aliphatic heterocycles. The Morgan fingerprint density at radius 3 is 2.56 bits per heavy atom. The van der Waals surface area contributed by atoms with E-state index in [1.165, 1.54) is 0 Å². The quantitative estimate of drug-likeness (QED) is 0.411. The van der Waals surface area contributed by atoms with E-state index >= 15 is 0 Å². The lowest BCUT2D eigenvalue weighted by Gasteiger charge is -2.32. The molecule has 2 aromatic carbocycles. The van der Waals surface area contributed by atoms with Crippen LogP contribution in [-0.2, 0) is 16.4 Å². The van der Waals surface area contributed by atoms with Crippen LogP contribution in [0.4, 0.5) is 5.69 Å². The molecule has 1 aliphatic rings. The molecule has 3 aromatic rings. The number of methoxy groups -OCH3 is 1. The largest absolute Gasteiger partial charge is 0.494 e. The molecule has 7 nitrogen and oxygen atoms in total. The zero-order valence-electron chi connectivity index (χ0n) is 21.7. The molecular formula is C28H37N3O4S. The normalized spacial score (nSPS) is 15.4. The van der Waals surface area contributed by atoms with E-state index in [1.807, 2.05) is 43.3 Å². The maximum atomic E-state index is 12.4. The Kier molecular flexibility index (Phi) is 8.36. The van der Waals surface area contributed by atoms with Crippen LogP contribution in [0.25, 0.3) is 10.9 Å². The second-order valence-electron chi connectivity index (χ2n) is 9.81. The summed E-state index contributed by atoms with van der Waals surface area (Å²) >= 11 is 0. The highest BCUT2D eigenvalue weighted by Gasteiger charge is 2.23. The number of anilines is 1. The summed E-state index contributed by atoms with van der Waals surface area (Å²) in [6.45, 7) is 8.90. The van der Waals surface area contributed by atoms with Gasteiger partial charge >= 0.3 is 0 Å². The molecule has 4 rings (SSSR count). The minimum absolute atomic E-state index is 0.511. The maximum Gasteiger partial charge on any atom is 0.235 e. The standard InChI is InChI=1S/C28H37N3O4S/c1-20(2)36(32,33)30-26-9-5-7-23(28(26)34-4)19-22-13-15-31(16-14-22)17-18-35-27-10-6-8-25-24(27)12-11-21(3)29-25/h5-12,20,22,30H,13-19H2,1-4H3. The molecular weight excluding hydrogens is 474 g/mol. The lowest BCUT2D eigenvalue weighted by molar-refractivity contribution is 0.155. The number of aryl methyl sites for hydroxylation is 1. The van der Waals surface area contributed by atoms with Crippen molar-refractivity contribution in [1.29, 1.82) is 0 Å². The number of benzene rings is 2. The van der Waals surface area contributed by atoms with Crippen LogP contribution >= 0.6 is 0 Å². The lowest BCUT2D eigenvalue weighted by atomic mass is 9.89. The fourth-order valence-electron chi connectivity index (χ4n) is 4.70. The number of fused-ring (bicyclic) bond motifs is 1. The number of hydrogen-bond acceptors (Lipinski definition) is 6. The molecule has 36 heavy (non-hydrogen) atoms. The first-order chi connectivity index (χ1) is 17.3. The fourth-order valence-corrected chi connectivity index (χ4v) is 5.41. The van der Waals surface area contributed by atoms with Gasteiger partial charge in [-0.05, 0) is 94.9 Å². The van der Waals surface area contributed by atoms with Gasteiger partial charge in [-0.25, -0.2) is 8.42 Å². The van der Waals surface area contributed by atoms with E-state index in [9.17, 15) is 8.42 Å². The number of rotatable bonds is 10. The number of likely N-dealkylation sites (tertiary alicyclic amines) is 1. The van der Waals surface area contributed by atoms with Gasteiger partial charge < -0.3 is 9.47 Å². The molecule has 2 heterocycles. The fraction of sp³-hybridized carbons (Fsp3) is 0.464. The van der Waals surface area contributed by atoms with Crippen molar-refractivity contribution in [1.82, 2.24) is 9.88 Å². The highest BCUT2D eigenvalue weighted by Crippen LogP contribution is 2.34. The number of piperidine rings is 1. The second-order valence-corrected chi connectivity index (χ2v) is 12.0. The predicted octanol–water partition coefficient (Wildman–Crippen LogP) is 5.04. The van der Waals surface area contributed by atoms with Crippen molar-refractivity contribution in [3.63, 3.8) is 0 Å². The lowest BCUT2D eigenvalue weighted by Crippen LogP contribution is -2.37. The van der Waals surface area contributed by atoms with E-state index in [1.54, 1.807) is 27.0 Å². The molecule has 0 bridgehead atoms. The first-order valence-corrected chi connectivity index (χ1v) is 14.2. The molecule has 0 amide bonds. The van der Waals surface area contributed by atoms with Gasteiger partial charge in [-0.2, -0.15) is 0 Å². The molecule has 194 valence electrons. The minimum atomic E-state index is -3.44. The van der Waals surface area contributed by atoms with Crippen molar-refractivity contribution in [2.24, 2.45) is 5.92 Å². The molecule has 8 heteroatoms. The second kappa shape index (κ2) is 11.5. The summed E-state index contributed by atoms with van der Waals surface area (Å²) in [5.41, 5.74) is 3.52. The van der Waals surface area contributed by atoms with Gasteiger partial charge in [-0.1, -0.05) is 18.2 Å². The Morgan fingerprint density at radius 2 is 1.83 bits per heavy atom. The Bertz CT molecular complexity index is 1290. The van der Waals surface area contributed by atoms with E-state index in [2.05, 4.69) is 20.7 Å². The third-order valence-corrected chi connectivity index (χ3v) is 8.63. The van der Waals surface area contributed by atoms with Crippen LogP contribution in [0.3, 0.4) is 0 Å². The molecule has 0 spiro atoms. The molecule has 0 unspecified atom stereocenters. The van der Waals surface area contributed by atoms with Gasteiger partial charge in [0.2, 0.25) is 10.0 Å². The van der Waals surface area contributed by atoms with Gasteiger partial charge in [-0.15, -0.1) is 0 Å². The Labute approximate surface area is 214 Å². The summed E-state index contributed by atoms with van der Waals surface area (Å²) in [4.78, 5) is 7.04. The average Bonchev–Trinajstić information content (AvgIpc) is 2.85. The number of sulfonamides is 1. The number of aromatic nitrogens is 1. The van der Waals surface area contributed by atoms with Gasteiger partial charge in [-0.3, -0.25) is 14.6 Å². The van der Waals surface area contributed by atoms with Crippen molar-refractivity contribution in [3.8, 4) is 11.5 Å². The van der Waals surface area contributed by atoms with Gasteiger partial charge in [0.05, 0.1) is 23.6 Å². The monoisotopic (exact) mass is 511 g/mol. The van der Waals surface area contributed by atoms with Crippen LogP contribution in [0.2, 0.25) is 0 Å². The van der Waals surface area contributed by atoms with E-state index in [0.717, 1.165) is 66.8 Å². The summed E-state index contributed by atoms with van der Waals surface area (Å²) in [6, 6.07) is 15.8. The van der Waals surface area contributed by atoms with Crippen LogP contribution in [0.15, 0.2) is 48.5 Å². The van der Waals surface area contributed by atoms with Crippen molar-refractivity contribution in [2.75, 3.05) is 38.1 Å². The molecule has 0 saturated carbocycles. The zero-order chi connectivity index (χ0) is 25.7. The number of nitrogens with zero attached hydrogens (tertiary/aromatic N) is 2. The molecule has 0 aliphatic carbocycles. The molecule has 0 radical (unpaired) electrons. The van der Waals surface area contributed by atoms with E-state index in [4.69, 9.17) is 9.47 Å². The number of hydrogen-bond donors (Lipinski definition) is 1. The highest BCUT2D eigenvalue weighted by molar-refractivity contribution is 7.93. The van der Waals surface area contributed by atoms with Gasteiger partial charge in [0.15, 0.2) is 0 Å². The number of pyridine rings is 1. The number of para-hydroxylation sites is 1. The first kappa shape index (κ1) is 26.2. The van der Waals surface area contributed by atoms with Gasteiger partial charge in [0.25, 0.3) is 0 Å². The Hall–Kier alpha value is -2.84. The van der Waals surface area contributed by atoms with Crippen molar-refractivity contribution in [3.05, 3.63) is 59.8 Å². The smallest absolute Gasteiger partial charge is 0.235 e. The zero-order valence-corrected chi connectivity index (χ0v) is 22.5. The van der Waals surface area contributed by atoms with Gasteiger partial charge in [0, 0.05) is 17.6 Å². The van der Waals surface area contributed by atoms with E-state index in [-0.39, 0.29) is 0 Å². The Morgan fingerprint density at radius 1 is 1.08 bits per heavy atom. The molecule has 1 N–H and O–H groups in total. The van der Waals surface area contributed by atoms with Crippen LogP contribution in [0.5, 0.6) is 11.5 Å². The van der Waals surface area contributed by atoms with E-state index < -0.39 is 15.3 Å².